The summed E-state index contributed by atoms with van der Waals surface area (Å²) < 4.78 is 0. The number of nitrogens with zero attached hydrogens (tertiary/aromatic N) is 1. The van der Waals surface area contributed by atoms with E-state index in [4.69, 9.17) is 0 Å². The molecule has 1 aromatic rings. The molecule has 1 atom stereocenters. The molecule has 0 heterocycles. The summed E-state index contributed by atoms with van der Waals surface area (Å²) in [5, 5.41) is 0. The first-order valence-electron chi connectivity index (χ1n) is 5.32. The third-order valence-electron chi connectivity index (χ3n) is 2.64. The average Bonchev–Trinajstić information content (AvgIpc) is 2.18. The van der Waals surface area contributed by atoms with E-state index in [0.29, 0.717) is 0 Å². The van der Waals surface area contributed by atoms with Crippen molar-refractivity contribution in [2.45, 2.75) is 25.8 Å². The molecule has 15 heavy (non-hydrogen) atoms. The number of carbonyl (C=O) groups is 1. The Morgan fingerprint density at radius 3 is 2.33 bits per heavy atom. The summed E-state index contributed by atoms with van der Waals surface area (Å²) in [4.78, 5) is 13.4. The minimum absolute atomic E-state index is 0.0465. The smallest absolute Gasteiger partial charge is 0.146 e. The van der Waals surface area contributed by atoms with Crippen molar-refractivity contribution in [1.29, 1.82) is 0 Å². The largest absolute Gasteiger partial charge is 0.300 e. The lowest BCUT2D eigenvalue weighted by Crippen LogP contribution is -2.34. The first-order chi connectivity index (χ1) is 7.11. The number of likely N-dealkylation sites (N-methyl/N-ethyl adjacent to an activating group) is 1. The fourth-order valence-electron chi connectivity index (χ4n) is 1.77. The van der Waals surface area contributed by atoms with E-state index in [2.05, 4.69) is 12.1 Å². The zero-order chi connectivity index (χ0) is 11.3. The SMILES string of the molecule is CC(=O)C(CCc1ccccc1)N(C)C. The van der Waals surface area contributed by atoms with Crippen LogP contribution in [0.1, 0.15) is 18.9 Å². The van der Waals surface area contributed by atoms with Gasteiger partial charge in [0.05, 0.1) is 6.04 Å². The summed E-state index contributed by atoms with van der Waals surface area (Å²) in [6.07, 6.45) is 1.86. The summed E-state index contributed by atoms with van der Waals surface area (Å²) in [5.41, 5.74) is 1.30. The number of benzene rings is 1. The van der Waals surface area contributed by atoms with Gasteiger partial charge in [-0.2, -0.15) is 0 Å². The maximum atomic E-state index is 11.4. The third-order valence-corrected chi connectivity index (χ3v) is 2.64. The Morgan fingerprint density at radius 1 is 1.27 bits per heavy atom. The highest BCUT2D eigenvalue weighted by atomic mass is 16.1. The van der Waals surface area contributed by atoms with Gasteiger partial charge >= 0.3 is 0 Å². The molecule has 0 saturated carbocycles. The summed E-state index contributed by atoms with van der Waals surface area (Å²) >= 11 is 0. The van der Waals surface area contributed by atoms with Gasteiger partial charge in [0, 0.05) is 0 Å². The molecular weight excluding hydrogens is 186 g/mol. The van der Waals surface area contributed by atoms with Crippen molar-refractivity contribution in [2.75, 3.05) is 14.1 Å². The Hall–Kier alpha value is -1.15. The highest BCUT2D eigenvalue weighted by molar-refractivity contribution is 5.81. The van der Waals surface area contributed by atoms with Crippen LogP contribution in [0.2, 0.25) is 0 Å². The van der Waals surface area contributed by atoms with E-state index in [0.717, 1.165) is 12.8 Å². The lowest BCUT2D eigenvalue weighted by atomic mass is 10.0. The monoisotopic (exact) mass is 205 g/mol. The lowest BCUT2D eigenvalue weighted by Gasteiger charge is -2.21. The second kappa shape index (κ2) is 5.66. The van der Waals surface area contributed by atoms with Crippen molar-refractivity contribution >= 4 is 5.78 Å². The fourth-order valence-corrected chi connectivity index (χ4v) is 1.77. The Kier molecular flexibility index (Phi) is 4.50. The third kappa shape index (κ3) is 3.84. The average molecular weight is 205 g/mol. The zero-order valence-electron chi connectivity index (χ0n) is 9.73. The number of aryl methyl sites for hydroxylation is 1. The van der Waals surface area contributed by atoms with Gasteiger partial charge in [0.2, 0.25) is 0 Å². The van der Waals surface area contributed by atoms with Gasteiger partial charge in [-0.15, -0.1) is 0 Å². The molecule has 0 bridgehead atoms. The van der Waals surface area contributed by atoms with Crippen molar-refractivity contribution in [2.24, 2.45) is 0 Å². The molecule has 0 fully saturated rings. The molecule has 0 saturated heterocycles. The molecular formula is C13H19NO. The van der Waals surface area contributed by atoms with E-state index in [1.807, 2.05) is 37.2 Å². The number of carbonyl (C=O) groups excluding carboxylic acids is 1. The highest BCUT2D eigenvalue weighted by Crippen LogP contribution is 2.08. The maximum absolute atomic E-state index is 11.4. The van der Waals surface area contributed by atoms with Crippen LogP contribution >= 0.6 is 0 Å². The zero-order valence-corrected chi connectivity index (χ0v) is 9.73. The van der Waals surface area contributed by atoms with Gasteiger partial charge in [-0.05, 0) is 39.4 Å². The Morgan fingerprint density at radius 2 is 1.87 bits per heavy atom. The van der Waals surface area contributed by atoms with E-state index in [-0.39, 0.29) is 11.8 Å². The molecule has 0 aliphatic heterocycles. The van der Waals surface area contributed by atoms with E-state index in [1.54, 1.807) is 6.92 Å². The molecule has 0 aliphatic carbocycles. The molecule has 1 unspecified atom stereocenters. The molecule has 0 N–H and O–H groups in total. The van der Waals surface area contributed by atoms with Gasteiger partial charge in [0.15, 0.2) is 0 Å². The van der Waals surface area contributed by atoms with Gasteiger partial charge in [-0.25, -0.2) is 0 Å². The van der Waals surface area contributed by atoms with Crippen LogP contribution in [0, 0.1) is 0 Å². The molecule has 0 aromatic heterocycles. The molecule has 0 amide bonds. The van der Waals surface area contributed by atoms with Crippen molar-refractivity contribution in [1.82, 2.24) is 4.90 Å². The first kappa shape index (κ1) is 11.9. The van der Waals surface area contributed by atoms with Crippen LogP contribution in [0.3, 0.4) is 0 Å². The van der Waals surface area contributed by atoms with Crippen molar-refractivity contribution in [3.05, 3.63) is 35.9 Å². The summed E-state index contributed by atoms with van der Waals surface area (Å²) in [6, 6.07) is 10.3. The number of Topliss-reactive ketones (excluding diaryl/α,β-unsaturated/α-hetero) is 1. The van der Waals surface area contributed by atoms with Crippen molar-refractivity contribution in [3.63, 3.8) is 0 Å². The van der Waals surface area contributed by atoms with Crippen molar-refractivity contribution < 1.29 is 4.79 Å². The Bertz CT molecular complexity index is 306. The maximum Gasteiger partial charge on any atom is 0.146 e. The van der Waals surface area contributed by atoms with E-state index >= 15 is 0 Å². The number of hydrogen-bond acceptors (Lipinski definition) is 2. The lowest BCUT2D eigenvalue weighted by molar-refractivity contribution is -0.121. The van der Waals surface area contributed by atoms with Crippen molar-refractivity contribution in [3.8, 4) is 0 Å². The second-order valence-corrected chi connectivity index (χ2v) is 4.11. The van der Waals surface area contributed by atoms with Crippen LogP contribution < -0.4 is 0 Å². The first-order valence-corrected chi connectivity index (χ1v) is 5.32. The number of ketones is 1. The van der Waals surface area contributed by atoms with Crippen LogP contribution in [0.4, 0.5) is 0 Å². The quantitative estimate of drug-likeness (QED) is 0.734. The molecule has 2 heteroatoms. The molecule has 0 spiro atoms. The van der Waals surface area contributed by atoms with Crippen LogP contribution in [0.15, 0.2) is 30.3 Å². The standard InChI is InChI=1S/C13H19NO/c1-11(15)13(14(2)3)10-9-12-7-5-4-6-8-12/h4-8,13H,9-10H2,1-3H3. The van der Waals surface area contributed by atoms with E-state index in [1.165, 1.54) is 5.56 Å². The Labute approximate surface area is 91.9 Å². The fraction of sp³-hybridized carbons (Fsp3) is 0.462. The van der Waals surface area contributed by atoms with Crippen LogP contribution in [-0.2, 0) is 11.2 Å². The predicted molar refractivity (Wildman–Crippen MR) is 62.9 cm³/mol. The topological polar surface area (TPSA) is 20.3 Å². The molecule has 1 aromatic carbocycles. The minimum Gasteiger partial charge on any atom is -0.300 e. The van der Waals surface area contributed by atoms with E-state index < -0.39 is 0 Å². The van der Waals surface area contributed by atoms with Crippen LogP contribution in [0.25, 0.3) is 0 Å². The van der Waals surface area contributed by atoms with Crippen LogP contribution in [0.5, 0.6) is 0 Å². The van der Waals surface area contributed by atoms with Crippen LogP contribution in [-0.4, -0.2) is 30.8 Å². The van der Waals surface area contributed by atoms with Gasteiger partial charge < -0.3 is 0 Å². The molecule has 0 aliphatic rings. The molecule has 1 rings (SSSR count). The second-order valence-electron chi connectivity index (χ2n) is 4.11. The predicted octanol–water partition coefficient (Wildman–Crippen LogP) is 2.14. The van der Waals surface area contributed by atoms with Gasteiger partial charge in [-0.1, -0.05) is 30.3 Å². The number of hydrogen-bond donors (Lipinski definition) is 0. The summed E-state index contributed by atoms with van der Waals surface area (Å²) in [7, 11) is 3.91. The normalized spacial score (nSPS) is 12.8. The van der Waals surface area contributed by atoms with Gasteiger partial charge in [-0.3, -0.25) is 9.69 Å². The summed E-state index contributed by atoms with van der Waals surface area (Å²) in [6.45, 7) is 1.66. The summed E-state index contributed by atoms with van der Waals surface area (Å²) in [5.74, 6) is 0.246. The van der Waals surface area contributed by atoms with Gasteiger partial charge in [0.1, 0.15) is 5.78 Å². The molecule has 2 nitrogen and oxygen atoms in total. The highest BCUT2D eigenvalue weighted by Gasteiger charge is 2.15. The Balaban J connectivity index is 2.51. The van der Waals surface area contributed by atoms with E-state index in [9.17, 15) is 4.79 Å². The molecule has 82 valence electrons. The minimum atomic E-state index is 0.0465. The molecule has 0 radical (unpaired) electrons. The van der Waals surface area contributed by atoms with Gasteiger partial charge in [0.25, 0.3) is 0 Å². The number of rotatable bonds is 5.